The SMILES string of the molecule is CC(Oc1ccc(F)cc1Br)C(=O)Nc1cccc(C(=O)N2CCCCC2)c1. The molecule has 1 aliphatic heterocycles. The lowest BCUT2D eigenvalue weighted by atomic mass is 10.1. The molecule has 1 aliphatic rings. The molecule has 7 heteroatoms. The molecule has 2 aromatic carbocycles. The molecule has 1 atom stereocenters. The van der Waals surface area contributed by atoms with Crippen molar-refractivity contribution in [3.63, 3.8) is 0 Å². The van der Waals surface area contributed by atoms with Crippen molar-refractivity contribution >= 4 is 33.4 Å². The van der Waals surface area contributed by atoms with Crippen LogP contribution in [-0.4, -0.2) is 35.9 Å². The van der Waals surface area contributed by atoms with Gasteiger partial charge in [-0.05, 0) is 78.5 Å². The van der Waals surface area contributed by atoms with Crippen LogP contribution in [0.25, 0.3) is 0 Å². The van der Waals surface area contributed by atoms with Crippen molar-refractivity contribution in [1.29, 1.82) is 0 Å². The first-order valence-electron chi connectivity index (χ1n) is 9.26. The van der Waals surface area contributed by atoms with Crippen molar-refractivity contribution < 1.29 is 18.7 Å². The number of carbonyl (C=O) groups excluding carboxylic acids is 2. The summed E-state index contributed by atoms with van der Waals surface area (Å²) < 4.78 is 19.2. The van der Waals surface area contributed by atoms with Crippen LogP contribution in [0.4, 0.5) is 10.1 Å². The summed E-state index contributed by atoms with van der Waals surface area (Å²) >= 11 is 3.22. The zero-order chi connectivity index (χ0) is 20.1. The lowest BCUT2D eigenvalue weighted by Gasteiger charge is -2.26. The largest absolute Gasteiger partial charge is 0.480 e. The van der Waals surface area contributed by atoms with Crippen molar-refractivity contribution in [2.24, 2.45) is 0 Å². The zero-order valence-corrected chi connectivity index (χ0v) is 17.2. The lowest BCUT2D eigenvalue weighted by molar-refractivity contribution is -0.122. The van der Waals surface area contributed by atoms with E-state index in [4.69, 9.17) is 4.74 Å². The standard InChI is InChI=1S/C21H22BrFN2O3/c1-14(28-19-9-8-16(23)13-18(19)22)20(26)24-17-7-5-6-15(12-17)21(27)25-10-3-2-4-11-25/h5-9,12-14H,2-4,10-11H2,1H3,(H,24,26). The van der Waals surface area contributed by atoms with Gasteiger partial charge in [-0.3, -0.25) is 9.59 Å². The Bertz CT molecular complexity index is 868. The Hall–Kier alpha value is -2.41. The van der Waals surface area contributed by atoms with Gasteiger partial charge in [0.1, 0.15) is 11.6 Å². The summed E-state index contributed by atoms with van der Waals surface area (Å²) in [5.41, 5.74) is 1.08. The van der Waals surface area contributed by atoms with E-state index in [0.717, 1.165) is 32.4 Å². The number of nitrogens with zero attached hydrogens (tertiary/aromatic N) is 1. The molecule has 5 nitrogen and oxygen atoms in total. The Labute approximate surface area is 172 Å². The van der Waals surface area contributed by atoms with Crippen molar-refractivity contribution in [1.82, 2.24) is 4.90 Å². The number of rotatable bonds is 5. The van der Waals surface area contributed by atoms with Gasteiger partial charge < -0.3 is 15.0 Å². The molecule has 3 rings (SSSR count). The van der Waals surface area contributed by atoms with Crippen LogP contribution in [0.3, 0.4) is 0 Å². The monoisotopic (exact) mass is 448 g/mol. The first-order valence-corrected chi connectivity index (χ1v) is 10.1. The number of piperidine rings is 1. The molecule has 2 aromatic rings. The Morgan fingerprint density at radius 1 is 1.14 bits per heavy atom. The maximum absolute atomic E-state index is 13.2. The number of hydrogen-bond acceptors (Lipinski definition) is 3. The van der Waals surface area contributed by atoms with Gasteiger partial charge in [0.15, 0.2) is 6.10 Å². The van der Waals surface area contributed by atoms with Crippen LogP contribution in [0, 0.1) is 5.82 Å². The number of likely N-dealkylation sites (tertiary alicyclic amines) is 1. The quantitative estimate of drug-likeness (QED) is 0.725. The van der Waals surface area contributed by atoms with Crippen LogP contribution in [0.15, 0.2) is 46.9 Å². The maximum Gasteiger partial charge on any atom is 0.265 e. The van der Waals surface area contributed by atoms with Crippen LogP contribution in [0.2, 0.25) is 0 Å². The highest BCUT2D eigenvalue weighted by atomic mass is 79.9. The minimum Gasteiger partial charge on any atom is -0.480 e. The number of nitrogens with one attached hydrogen (secondary N) is 1. The van der Waals surface area contributed by atoms with Crippen LogP contribution in [0.5, 0.6) is 5.75 Å². The highest BCUT2D eigenvalue weighted by molar-refractivity contribution is 9.10. The summed E-state index contributed by atoms with van der Waals surface area (Å²) in [6, 6.07) is 10.9. The second kappa shape index (κ2) is 9.19. The molecule has 1 fully saturated rings. The molecule has 28 heavy (non-hydrogen) atoms. The van der Waals surface area contributed by atoms with Gasteiger partial charge >= 0.3 is 0 Å². The summed E-state index contributed by atoms with van der Waals surface area (Å²) in [7, 11) is 0. The van der Waals surface area contributed by atoms with Gasteiger partial charge in [0.05, 0.1) is 4.47 Å². The number of carbonyl (C=O) groups is 2. The van der Waals surface area contributed by atoms with Crippen molar-refractivity contribution in [2.45, 2.75) is 32.3 Å². The summed E-state index contributed by atoms with van der Waals surface area (Å²) in [4.78, 5) is 26.9. The topological polar surface area (TPSA) is 58.6 Å². The number of halogens is 2. The van der Waals surface area contributed by atoms with Gasteiger partial charge in [0.2, 0.25) is 0 Å². The normalized spacial score (nSPS) is 15.0. The smallest absolute Gasteiger partial charge is 0.265 e. The van der Waals surface area contributed by atoms with Crippen LogP contribution in [0.1, 0.15) is 36.5 Å². The predicted molar refractivity (Wildman–Crippen MR) is 109 cm³/mol. The molecule has 1 N–H and O–H groups in total. The molecule has 0 radical (unpaired) electrons. The average molecular weight is 449 g/mol. The molecule has 0 aliphatic carbocycles. The van der Waals surface area contributed by atoms with Gasteiger partial charge in [-0.1, -0.05) is 6.07 Å². The van der Waals surface area contributed by atoms with E-state index >= 15 is 0 Å². The molecule has 1 heterocycles. The van der Waals surface area contributed by atoms with Gasteiger partial charge in [0, 0.05) is 24.3 Å². The summed E-state index contributed by atoms with van der Waals surface area (Å²) in [5, 5.41) is 2.77. The molecule has 0 bridgehead atoms. The van der Waals surface area contributed by atoms with Crippen molar-refractivity contribution in [2.75, 3.05) is 18.4 Å². The number of anilines is 1. The minimum atomic E-state index is -0.803. The molecule has 0 aromatic heterocycles. The summed E-state index contributed by atoms with van der Waals surface area (Å²) in [5.74, 6) is -0.404. The number of amides is 2. The van der Waals surface area contributed by atoms with E-state index in [1.165, 1.54) is 18.2 Å². The maximum atomic E-state index is 13.2. The molecule has 0 spiro atoms. The van der Waals surface area contributed by atoms with Gasteiger partial charge in [-0.2, -0.15) is 0 Å². The van der Waals surface area contributed by atoms with Crippen LogP contribution < -0.4 is 10.1 Å². The van der Waals surface area contributed by atoms with Crippen molar-refractivity contribution in [3.8, 4) is 5.75 Å². The van der Waals surface area contributed by atoms with Gasteiger partial charge in [0.25, 0.3) is 11.8 Å². The highest BCUT2D eigenvalue weighted by Gasteiger charge is 2.20. The third-order valence-corrected chi connectivity index (χ3v) is 5.21. The third kappa shape index (κ3) is 5.10. The lowest BCUT2D eigenvalue weighted by Crippen LogP contribution is -2.35. The fraction of sp³-hybridized carbons (Fsp3) is 0.333. The van der Waals surface area contributed by atoms with E-state index < -0.39 is 11.9 Å². The number of hydrogen-bond donors (Lipinski definition) is 1. The minimum absolute atomic E-state index is 0.0182. The molecule has 2 amide bonds. The first kappa shape index (κ1) is 20.3. The van der Waals surface area contributed by atoms with E-state index in [0.29, 0.717) is 21.5 Å². The van der Waals surface area contributed by atoms with E-state index in [2.05, 4.69) is 21.2 Å². The zero-order valence-electron chi connectivity index (χ0n) is 15.6. The molecule has 1 saturated heterocycles. The van der Waals surface area contributed by atoms with Crippen molar-refractivity contribution in [3.05, 3.63) is 58.3 Å². The molecule has 148 valence electrons. The van der Waals surface area contributed by atoms with E-state index in [1.54, 1.807) is 31.2 Å². The number of ether oxygens (including phenoxy) is 1. The van der Waals surface area contributed by atoms with Gasteiger partial charge in [-0.15, -0.1) is 0 Å². The average Bonchev–Trinajstić information content (AvgIpc) is 2.70. The molecule has 1 unspecified atom stereocenters. The van der Waals surface area contributed by atoms with E-state index in [9.17, 15) is 14.0 Å². The fourth-order valence-electron chi connectivity index (χ4n) is 3.07. The Balaban J connectivity index is 1.64. The van der Waals surface area contributed by atoms with Crippen LogP contribution in [-0.2, 0) is 4.79 Å². The molecular formula is C21H22BrFN2O3. The Kier molecular flexibility index (Phi) is 6.67. The predicted octanol–water partition coefficient (Wildman–Crippen LogP) is 4.62. The fourth-order valence-corrected chi connectivity index (χ4v) is 3.51. The van der Waals surface area contributed by atoms with E-state index in [-0.39, 0.29) is 11.8 Å². The highest BCUT2D eigenvalue weighted by Crippen LogP contribution is 2.26. The Morgan fingerprint density at radius 2 is 1.89 bits per heavy atom. The third-order valence-electron chi connectivity index (χ3n) is 4.59. The first-order chi connectivity index (χ1) is 13.4. The second-order valence-corrected chi connectivity index (χ2v) is 7.61. The van der Waals surface area contributed by atoms with Gasteiger partial charge in [-0.25, -0.2) is 4.39 Å². The second-order valence-electron chi connectivity index (χ2n) is 6.76. The number of benzene rings is 2. The summed E-state index contributed by atoms with van der Waals surface area (Å²) in [6.45, 7) is 3.15. The summed E-state index contributed by atoms with van der Waals surface area (Å²) in [6.07, 6.45) is 2.40. The molecule has 0 saturated carbocycles. The van der Waals surface area contributed by atoms with E-state index in [1.807, 2.05) is 4.90 Å². The van der Waals surface area contributed by atoms with Crippen LogP contribution >= 0.6 is 15.9 Å². The molecular weight excluding hydrogens is 427 g/mol. The Morgan fingerprint density at radius 3 is 2.61 bits per heavy atom.